The highest BCUT2D eigenvalue weighted by molar-refractivity contribution is 5.48. The molecule has 2 aromatic carbocycles. The number of anilines is 1. The van der Waals surface area contributed by atoms with Crippen molar-refractivity contribution >= 4 is 5.69 Å². The first-order chi connectivity index (χ1) is 10.1. The van der Waals surface area contributed by atoms with Crippen LogP contribution in [-0.2, 0) is 6.42 Å². The Labute approximate surface area is 124 Å². The van der Waals surface area contributed by atoms with Gasteiger partial charge >= 0.3 is 0 Å². The molecule has 0 heterocycles. The summed E-state index contributed by atoms with van der Waals surface area (Å²) >= 11 is 0. The van der Waals surface area contributed by atoms with E-state index in [0.29, 0.717) is 18.7 Å². The third kappa shape index (κ3) is 3.73. The van der Waals surface area contributed by atoms with Crippen molar-refractivity contribution in [1.29, 1.82) is 0 Å². The summed E-state index contributed by atoms with van der Waals surface area (Å²) < 4.78 is 19.2. The van der Waals surface area contributed by atoms with Crippen LogP contribution in [-0.4, -0.2) is 19.2 Å². The van der Waals surface area contributed by atoms with E-state index in [1.54, 1.807) is 25.3 Å². The number of nitrogens with two attached hydrogens (primary N) is 1. The van der Waals surface area contributed by atoms with E-state index in [1.807, 2.05) is 31.2 Å². The maximum Gasteiger partial charge on any atom is 0.146 e. The first kappa shape index (κ1) is 15.3. The normalized spacial score (nSPS) is 13.5. The molecular formula is C17H21FN2O. The summed E-state index contributed by atoms with van der Waals surface area (Å²) in [5.41, 5.74) is 6.95. The maximum atomic E-state index is 13.8. The summed E-state index contributed by atoms with van der Waals surface area (Å²) in [5, 5.41) is 3.22. The van der Waals surface area contributed by atoms with Gasteiger partial charge in [-0.05, 0) is 37.1 Å². The third-order valence-electron chi connectivity index (χ3n) is 3.53. The van der Waals surface area contributed by atoms with Gasteiger partial charge < -0.3 is 15.8 Å². The number of rotatable bonds is 6. The molecule has 0 spiro atoms. The number of methoxy groups -OCH3 is 1. The monoisotopic (exact) mass is 288 g/mol. The molecule has 4 heteroatoms. The molecule has 2 rings (SSSR count). The molecule has 3 N–H and O–H groups in total. The van der Waals surface area contributed by atoms with E-state index < -0.39 is 5.54 Å². The molecule has 0 aliphatic rings. The minimum absolute atomic E-state index is 0.280. The second-order valence-electron chi connectivity index (χ2n) is 5.36. The third-order valence-corrected chi connectivity index (χ3v) is 3.53. The van der Waals surface area contributed by atoms with Crippen LogP contribution in [0.25, 0.3) is 0 Å². The van der Waals surface area contributed by atoms with Gasteiger partial charge in [0.1, 0.15) is 11.6 Å². The van der Waals surface area contributed by atoms with E-state index in [2.05, 4.69) is 5.32 Å². The largest absolute Gasteiger partial charge is 0.496 e. The predicted molar refractivity (Wildman–Crippen MR) is 84.2 cm³/mol. The molecule has 0 fully saturated rings. The topological polar surface area (TPSA) is 47.3 Å². The number of hydrogen-bond acceptors (Lipinski definition) is 3. The van der Waals surface area contributed by atoms with Gasteiger partial charge in [0, 0.05) is 6.54 Å². The van der Waals surface area contributed by atoms with E-state index in [9.17, 15) is 4.39 Å². The van der Waals surface area contributed by atoms with Gasteiger partial charge in [0.25, 0.3) is 0 Å². The van der Waals surface area contributed by atoms with Crippen LogP contribution in [0.3, 0.4) is 0 Å². The van der Waals surface area contributed by atoms with Gasteiger partial charge in [-0.25, -0.2) is 4.39 Å². The van der Waals surface area contributed by atoms with E-state index in [-0.39, 0.29) is 5.82 Å². The fourth-order valence-electron chi connectivity index (χ4n) is 2.32. The molecule has 1 unspecified atom stereocenters. The minimum Gasteiger partial charge on any atom is -0.496 e. The Kier molecular flexibility index (Phi) is 4.81. The highest BCUT2D eigenvalue weighted by Crippen LogP contribution is 2.26. The Balaban J connectivity index is 2.23. The predicted octanol–water partition coefficient (Wildman–Crippen LogP) is 3.21. The first-order valence-corrected chi connectivity index (χ1v) is 6.92. The lowest BCUT2D eigenvalue weighted by Gasteiger charge is -2.31. The number of ether oxygens (including phenoxy) is 1. The molecule has 0 radical (unpaired) electrons. The first-order valence-electron chi connectivity index (χ1n) is 6.92. The van der Waals surface area contributed by atoms with E-state index in [0.717, 1.165) is 11.3 Å². The average molecular weight is 288 g/mol. The SMILES string of the molecule is COc1ccccc1CC(C)(CN)Nc1ccccc1F. The lowest BCUT2D eigenvalue weighted by atomic mass is 9.92. The van der Waals surface area contributed by atoms with Crippen LogP contribution in [0.4, 0.5) is 10.1 Å². The fraction of sp³-hybridized carbons (Fsp3) is 0.294. The van der Waals surface area contributed by atoms with Crippen molar-refractivity contribution in [3.8, 4) is 5.75 Å². The number of benzene rings is 2. The van der Waals surface area contributed by atoms with Gasteiger partial charge in [0.2, 0.25) is 0 Å². The second-order valence-corrected chi connectivity index (χ2v) is 5.36. The second kappa shape index (κ2) is 6.59. The van der Waals surface area contributed by atoms with Gasteiger partial charge in [0.05, 0.1) is 18.3 Å². The van der Waals surface area contributed by atoms with Crippen LogP contribution < -0.4 is 15.8 Å². The molecule has 3 nitrogen and oxygen atoms in total. The molecule has 0 amide bonds. The molecule has 0 aliphatic heterocycles. The zero-order valence-corrected chi connectivity index (χ0v) is 12.4. The van der Waals surface area contributed by atoms with Crippen LogP contribution in [0.15, 0.2) is 48.5 Å². The van der Waals surface area contributed by atoms with Crippen LogP contribution in [0, 0.1) is 5.82 Å². The van der Waals surface area contributed by atoms with Crippen LogP contribution in [0.5, 0.6) is 5.75 Å². The fourth-order valence-corrected chi connectivity index (χ4v) is 2.32. The van der Waals surface area contributed by atoms with Gasteiger partial charge in [-0.1, -0.05) is 30.3 Å². The van der Waals surface area contributed by atoms with Crippen molar-refractivity contribution in [1.82, 2.24) is 0 Å². The Morgan fingerprint density at radius 3 is 2.48 bits per heavy atom. The summed E-state index contributed by atoms with van der Waals surface area (Å²) in [6, 6.07) is 14.4. The Bertz CT molecular complexity index is 603. The molecule has 0 saturated heterocycles. The van der Waals surface area contributed by atoms with Crippen LogP contribution in [0.2, 0.25) is 0 Å². The number of nitrogens with one attached hydrogen (secondary N) is 1. The van der Waals surface area contributed by atoms with Crippen molar-refractivity contribution in [2.45, 2.75) is 18.9 Å². The molecular weight excluding hydrogens is 267 g/mol. The standard InChI is InChI=1S/C17H21FN2O/c1-17(12-19,20-15-9-5-4-8-14(15)18)11-13-7-3-6-10-16(13)21-2/h3-10,20H,11-12,19H2,1-2H3. The van der Waals surface area contributed by atoms with E-state index in [1.165, 1.54) is 6.07 Å². The van der Waals surface area contributed by atoms with Crippen LogP contribution >= 0.6 is 0 Å². The quantitative estimate of drug-likeness (QED) is 0.858. The molecule has 0 aliphatic carbocycles. The van der Waals surface area contributed by atoms with Gasteiger partial charge in [-0.15, -0.1) is 0 Å². The molecule has 0 bridgehead atoms. The summed E-state index contributed by atoms with van der Waals surface area (Å²) in [6.07, 6.45) is 0.641. The van der Waals surface area contributed by atoms with Gasteiger partial charge in [-0.2, -0.15) is 0 Å². The highest BCUT2D eigenvalue weighted by Gasteiger charge is 2.25. The number of halogens is 1. The van der Waals surface area contributed by atoms with Crippen molar-refractivity contribution in [2.75, 3.05) is 19.0 Å². The zero-order chi connectivity index (χ0) is 15.3. The lowest BCUT2D eigenvalue weighted by molar-refractivity contribution is 0.403. The molecule has 0 saturated carbocycles. The summed E-state index contributed by atoms with van der Waals surface area (Å²) in [6.45, 7) is 2.35. The van der Waals surface area contributed by atoms with E-state index >= 15 is 0 Å². The van der Waals surface area contributed by atoms with Gasteiger partial charge in [0.15, 0.2) is 0 Å². The van der Waals surface area contributed by atoms with Crippen molar-refractivity contribution in [2.24, 2.45) is 5.73 Å². The smallest absolute Gasteiger partial charge is 0.146 e. The number of hydrogen-bond donors (Lipinski definition) is 2. The lowest BCUT2D eigenvalue weighted by Crippen LogP contribution is -2.44. The number of para-hydroxylation sites is 2. The molecule has 0 aromatic heterocycles. The van der Waals surface area contributed by atoms with Gasteiger partial charge in [-0.3, -0.25) is 0 Å². The molecule has 21 heavy (non-hydrogen) atoms. The Hall–Kier alpha value is -2.07. The zero-order valence-electron chi connectivity index (χ0n) is 12.4. The average Bonchev–Trinajstić information content (AvgIpc) is 2.50. The summed E-state index contributed by atoms with van der Waals surface area (Å²) in [7, 11) is 1.64. The molecule has 1 atom stereocenters. The van der Waals surface area contributed by atoms with E-state index in [4.69, 9.17) is 10.5 Å². The highest BCUT2D eigenvalue weighted by atomic mass is 19.1. The Morgan fingerprint density at radius 1 is 1.14 bits per heavy atom. The van der Waals surface area contributed by atoms with Crippen molar-refractivity contribution in [3.05, 3.63) is 59.9 Å². The van der Waals surface area contributed by atoms with Crippen molar-refractivity contribution < 1.29 is 9.13 Å². The van der Waals surface area contributed by atoms with Crippen LogP contribution in [0.1, 0.15) is 12.5 Å². The maximum absolute atomic E-state index is 13.8. The summed E-state index contributed by atoms with van der Waals surface area (Å²) in [4.78, 5) is 0. The molecule has 2 aromatic rings. The Morgan fingerprint density at radius 2 is 1.81 bits per heavy atom. The molecule has 112 valence electrons. The summed E-state index contributed by atoms with van der Waals surface area (Å²) in [5.74, 6) is 0.532. The van der Waals surface area contributed by atoms with Crippen molar-refractivity contribution in [3.63, 3.8) is 0 Å². The minimum atomic E-state index is -0.461.